The quantitative estimate of drug-likeness (QED) is 0.665. The number of anilines is 1. The molecule has 1 aliphatic rings. The minimum absolute atomic E-state index is 0.117. The van der Waals surface area contributed by atoms with Gasteiger partial charge in [-0.15, -0.1) is 11.3 Å². The third-order valence-electron chi connectivity index (χ3n) is 3.13. The fourth-order valence-corrected chi connectivity index (χ4v) is 4.05. The lowest BCUT2D eigenvalue weighted by molar-refractivity contribution is 0.311. The third kappa shape index (κ3) is 1.98. The van der Waals surface area contributed by atoms with Gasteiger partial charge in [-0.2, -0.15) is 0 Å². The smallest absolute Gasteiger partial charge is 0.190 e. The van der Waals surface area contributed by atoms with Gasteiger partial charge in [0.25, 0.3) is 0 Å². The summed E-state index contributed by atoms with van der Waals surface area (Å²) in [7, 11) is 0. The maximum Gasteiger partial charge on any atom is 0.190 e. The van der Waals surface area contributed by atoms with Crippen LogP contribution in [0.25, 0.3) is 10.2 Å². The van der Waals surface area contributed by atoms with E-state index >= 15 is 0 Å². The summed E-state index contributed by atoms with van der Waals surface area (Å²) in [6.45, 7) is 0.650. The van der Waals surface area contributed by atoms with Gasteiger partial charge in [-0.25, -0.2) is 9.97 Å². The molecule has 0 unspecified atom stereocenters. The van der Waals surface area contributed by atoms with E-state index in [0.29, 0.717) is 6.54 Å². The molecule has 0 amide bonds. The maximum absolute atomic E-state index is 8.96. The molecular formula is C12H15N3OS2. The van der Waals surface area contributed by atoms with Crippen LogP contribution in [0, 0.1) is 0 Å². The van der Waals surface area contributed by atoms with Crippen molar-refractivity contribution in [3.05, 3.63) is 10.4 Å². The van der Waals surface area contributed by atoms with Gasteiger partial charge in [0.2, 0.25) is 0 Å². The highest BCUT2D eigenvalue weighted by molar-refractivity contribution is 7.98. The number of rotatable bonds is 4. The van der Waals surface area contributed by atoms with Crippen molar-refractivity contribution in [2.24, 2.45) is 0 Å². The summed E-state index contributed by atoms with van der Waals surface area (Å²) < 4.78 is 0. The molecule has 0 spiro atoms. The highest BCUT2D eigenvalue weighted by Crippen LogP contribution is 2.40. The molecule has 0 radical (unpaired) electrons. The molecule has 0 fully saturated rings. The van der Waals surface area contributed by atoms with Crippen LogP contribution in [0.4, 0.5) is 5.82 Å². The van der Waals surface area contributed by atoms with Gasteiger partial charge in [-0.3, -0.25) is 0 Å². The van der Waals surface area contributed by atoms with Gasteiger partial charge >= 0.3 is 0 Å². The molecule has 96 valence electrons. The van der Waals surface area contributed by atoms with E-state index in [1.54, 1.807) is 23.1 Å². The first-order valence-corrected chi connectivity index (χ1v) is 8.08. The van der Waals surface area contributed by atoms with Gasteiger partial charge in [0.05, 0.1) is 12.0 Å². The molecule has 1 aliphatic carbocycles. The van der Waals surface area contributed by atoms with Crippen LogP contribution in [0.2, 0.25) is 0 Å². The topological polar surface area (TPSA) is 58.0 Å². The Balaban J connectivity index is 2.16. The Bertz CT molecular complexity index is 582. The van der Waals surface area contributed by atoms with Crippen LogP contribution in [0.5, 0.6) is 0 Å². The molecule has 2 aromatic heterocycles. The Morgan fingerprint density at radius 2 is 2.28 bits per heavy atom. The summed E-state index contributed by atoms with van der Waals surface area (Å²) >= 11 is 3.35. The van der Waals surface area contributed by atoms with E-state index in [1.807, 2.05) is 6.26 Å². The second kappa shape index (κ2) is 5.03. The van der Waals surface area contributed by atoms with Crippen LogP contribution in [-0.4, -0.2) is 34.5 Å². The first kappa shape index (κ1) is 12.2. The number of aryl methyl sites for hydroxylation is 2. The summed E-state index contributed by atoms with van der Waals surface area (Å²) in [4.78, 5) is 11.7. The predicted octanol–water partition coefficient (Wildman–Crippen LogP) is 2.31. The Morgan fingerprint density at radius 1 is 1.39 bits per heavy atom. The van der Waals surface area contributed by atoms with Gasteiger partial charge in [-0.05, 0) is 31.1 Å². The molecule has 0 aliphatic heterocycles. The van der Waals surface area contributed by atoms with E-state index in [4.69, 9.17) is 5.11 Å². The molecule has 0 aromatic carbocycles. The normalized spacial score (nSPS) is 14.1. The first-order valence-electron chi connectivity index (χ1n) is 6.04. The zero-order valence-electron chi connectivity index (χ0n) is 10.2. The minimum Gasteiger partial charge on any atom is -0.395 e. The Hall–Kier alpha value is -0.850. The van der Waals surface area contributed by atoms with Gasteiger partial charge in [-0.1, -0.05) is 11.8 Å². The first-order chi connectivity index (χ1) is 8.83. The summed E-state index contributed by atoms with van der Waals surface area (Å²) in [5.74, 6) is 0.887. The number of hydrogen-bond acceptors (Lipinski definition) is 6. The molecule has 4 nitrogen and oxygen atoms in total. The summed E-state index contributed by atoms with van der Waals surface area (Å²) in [5, 5.41) is 14.2. The number of thioether (sulfide) groups is 1. The number of thiophene rings is 1. The Labute approximate surface area is 114 Å². The van der Waals surface area contributed by atoms with Crippen molar-refractivity contribution in [3.63, 3.8) is 0 Å². The van der Waals surface area contributed by atoms with Crippen LogP contribution in [0.15, 0.2) is 5.16 Å². The van der Waals surface area contributed by atoms with Crippen LogP contribution in [0.3, 0.4) is 0 Å². The predicted molar refractivity (Wildman–Crippen MR) is 76.8 cm³/mol. The van der Waals surface area contributed by atoms with Crippen molar-refractivity contribution in [1.82, 2.24) is 9.97 Å². The van der Waals surface area contributed by atoms with Crippen LogP contribution in [0.1, 0.15) is 16.9 Å². The van der Waals surface area contributed by atoms with Crippen LogP contribution in [-0.2, 0) is 12.8 Å². The van der Waals surface area contributed by atoms with Gasteiger partial charge in [0.15, 0.2) is 5.16 Å². The van der Waals surface area contributed by atoms with E-state index in [0.717, 1.165) is 22.2 Å². The van der Waals surface area contributed by atoms with Gasteiger partial charge in [0.1, 0.15) is 10.6 Å². The monoisotopic (exact) mass is 281 g/mol. The van der Waals surface area contributed by atoms with E-state index in [9.17, 15) is 0 Å². The van der Waals surface area contributed by atoms with Crippen molar-refractivity contribution in [2.45, 2.75) is 24.4 Å². The summed E-state index contributed by atoms with van der Waals surface area (Å²) in [5.41, 5.74) is 1.42. The number of nitrogens with zero attached hydrogens (tertiary/aromatic N) is 2. The lowest BCUT2D eigenvalue weighted by atomic mass is 10.2. The Kier molecular flexibility index (Phi) is 3.41. The average Bonchev–Trinajstić information content (AvgIpc) is 2.95. The number of aliphatic hydroxyl groups excluding tert-OH is 1. The molecular weight excluding hydrogens is 266 g/mol. The number of fused-ring (bicyclic) bond motifs is 3. The number of aliphatic hydroxyl groups is 1. The molecule has 0 saturated carbocycles. The summed E-state index contributed by atoms with van der Waals surface area (Å²) in [6.07, 6.45) is 5.52. The minimum atomic E-state index is 0.117. The zero-order chi connectivity index (χ0) is 12.5. The molecule has 18 heavy (non-hydrogen) atoms. The van der Waals surface area contributed by atoms with Crippen molar-refractivity contribution in [2.75, 3.05) is 24.7 Å². The van der Waals surface area contributed by atoms with E-state index in [2.05, 4.69) is 15.3 Å². The average molecular weight is 281 g/mol. The van der Waals surface area contributed by atoms with Gasteiger partial charge in [0, 0.05) is 11.4 Å². The van der Waals surface area contributed by atoms with Crippen molar-refractivity contribution >= 4 is 39.1 Å². The van der Waals surface area contributed by atoms with Crippen LogP contribution < -0.4 is 5.32 Å². The SMILES string of the molecule is CSc1nc(NCCO)c2c3c(sc2n1)CCC3. The van der Waals surface area contributed by atoms with Crippen molar-refractivity contribution in [3.8, 4) is 0 Å². The Morgan fingerprint density at radius 3 is 3.06 bits per heavy atom. The van der Waals surface area contributed by atoms with E-state index < -0.39 is 0 Å². The highest BCUT2D eigenvalue weighted by atomic mass is 32.2. The molecule has 0 bridgehead atoms. The second-order valence-corrected chi connectivity index (χ2v) is 6.10. The molecule has 6 heteroatoms. The third-order valence-corrected chi connectivity index (χ3v) is 4.86. The lowest BCUT2D eigenvalue weighted by Crippen LogP contribution is -2.08. The summed E-state index contributed by atoms with van der Waals surface area (Å²) in [6, 6.07) is 0. The fraction of sp³-hybridized carbons (Fsp3) is 0.500. The van der Waals surface area contributed by atoms with Crippen LogP contribution >= 0.6 is 23.1 Å². The highest BCUT2D eigenvalue weighted by Gasteiger charge is 2.22. The fourth-order valence-electron chi connectivity index (χ4n) is 2.37. The molecule has 0 atom stereocenters. The lowest BCUT2D eigenvalue weighted by Gasteiger charge is -2.07. The maximum atomic E-state index is 8.96. The largest absolute Gasteiger partial charge is 0.395 e. The standard InChI is InChI=1S/C12H15N3OS2/c1-17-12-14-10(13-5-6-16)9-7-3-2-4-8(7)18-11(9)15-12/h16H,2-6H2,1H3,(H,13,14,15). The molecule has 2 aromatic rings. The molecule has 2 heterocycles. The number of hydrogen-bond donors (Lipinski definition) is 2. The molecule has 2 N–H and O–H groups in total. The number of aromatic nitrogens is 2. The van der Waals surface area contributed by atoms with Crippen molar-refractivity contribution < 1.29 is 5.11 Å². The molecule has 3 rings (SSSR count). The zero-order valence-corrected chi connectivity index (χ0v) is 11.8. The van der Waals surface area contributed by atoms with E-state index in [-0.39, 0.29) is 6.61 Å². The van der Waals surface area contributed by atoms with Gasteiger partial charge < -0.3 is 10.4 Å². The van der Waals surface area contributed by atoms with Crippen molar-refractivity contribution in [1.29, 1.82) is 0 Å². The second-order valence-electron chi connectivity index (χ2n) is 4.25. The number of nitrogens with one attached hydrogen (secondary N) is 1. The molecule has 0 saturated heterocycles. The van der Waals surface area contributed by atoms with E-state index in [1.165, 1.54) is 28.7 Å².